The lowest BCUT2D eigenvalue weighted by molar-refractivity contribution is -0.151. The molecule has 4 aliphatic rings. The lowest BCUT2D eigenvalue weighted by atomic mass is 9.51. The molecule has 3 aliphatic heterocycles. The van der Waals surface area contributed by atoms with Crippen LogP contribution in [0.15, 0.2) is 40.9 Å². The molecule has 0 N–H and O–H groups in total. The molecule has 0 spiro atoms. The summed E-state index contributed by atoms with van der Waals surface area (Å²) in [5.41, 5.74) is 4.64. The van der Waals surface area contributed by atoms with E-state index in [0.717, 1.165) is 31.6 Å². The van der Waals surface area contributed by atoms with Gasteiger partial charge in [0.1, 0.15) is 0 Å². The van der Waals surface area contributed by atoms with E-state index in [4.69, 9.17) is 9.73 Å². The summed E-state index contributed by atoms with van der Waals surface area (Å²) in [5, 5.41) is 0. The van der Waals surface area contributed by atoms with Gasteiger partial charge in [-0.2, -0.15) is 0 Å². The van der Waals surface area contributed by atoms with Crippen LogP contribution in [0.1, 0.15) is 25.3 Å². The minimum absolute atomic E-state index is 0.0717. The first-order valence-corrected chi connectivity index (χ1v) is 8.86. The summed E-state index contributed by atoms with van der Waals surface area (Å²) in [5.74, 6) is 0.0569. The van der Waals surface area contributed by atoms with Gasteiger partial charge in [-0.15, -0.1) is 0 Å². The van der Waals surface area contributed by atoms with E-state index < -0.39 is 0 Å². The number of ether oxygens (including phenoxy) is 1. The summed E-state index contributed by atoms with van der Waals surface area (Å²) in [4.78, 5) is 20.5. The van der Waals surface area contributed by atoms with Crippen molar-refractivity contribution in [2.45, 2.75) is 31.2 Å². The Balaban J connectivity index is 1.79. The number of para-hydroxylation sites is 1. The standard InChI is InChI=1S/C20H22N2O2/c1-3-12-11-22-9-8-20-14-6-4-5-7-15(14)21-18(20)16(22)10-13(12)17(20)19(23)24-2/h3-7,13,16-17H,8-11H2,1-2H3/b12-3-/t13-,16-,17?,20-/m0/s1. The van der Waals surface area contributed by atoms with Crippen molar-refractivity contribution >= 4 is 17.4 Å². The molecule has 5 rings (SSSR count). The Kier molecular flexibility index (Phi) is 2.88. The summed E-state index contributed by atoms with van der Waals surface area (Å²) in [6, 6.07) is 8.76. The number of carbonyl (C=O) groups excluding carboxylic acids is 1. The van der Waals surface area contributed by atoms with Crippen molar-refractivity contribution in [3.05, 3.63) is 41.5 Å². The molecular formula is C20H22N2O2. The van der Waals surface area contributed by atoms with Crippen molar-refractivity contribution in [3.63, 3.8) is 0 Å². The monoisotopic (exact) mass is 322 g/mol. The zero-order chi connectivity index (χ0) is 16.5. The summed E-state index contributed by atoms with van der Waals surface area (Å²) >= 11 is 0. The molecule has 1 aromatic carbocycles. The zero-order valence-electron chi connectivity index (χ0n) is 14.2. The molecule has 0 amide bonds. The second-order valence-corrected chi connectivity index (χ2v) is 7.43. The number of methoxy groups -OCH3 is 1. The largest absolute Gasteiger partial charge is 0.469 e. The number of carbonyl (C=O) groups is 1. The highest BCUT2D eigenvalue weighted by Gasteiger charge is 2.65. The molecule has 1 saturated carbocycles. The average Bonchev–Trinajstić information content (AvgIpc) is 2.96. The van der Waals surface area contributed by atoms with E-state index in [0.29, 0.717) is 6.04 Å². The van der Waals surface area contributed by atoms with Crippen LogP contribution in [0, 0.1) is 11.8 Å². The minimum Gasteiger partial charge on any atom is -0.469 e. The number of hydrogen-bond acceptors (Lipinski definition) is 4. The maximum absolute atomic E-state index is 12.9. The highest BCUT2D eigenvalue weighted by molar-refractivity contribution is 6.09. The van der Waals surface area contributed by atoms with Gasteiger partial charge in [0.25, 0.3) is 0 Å². The number of hydrogen-bond donors (Lipinski definition) is 0. The van der Waals surface area contributed by atoms with Gasteiger partial charge in [-0.25, -0.2) is 0 Å². The summed E-state index contributed by atoms with van der Waals surface area (Å²) in [6.45, 7) is 4.09. The van der Waals surface area contributed by atoms with Gasteiger partial charge in [-0.1, -0.05) is 29.8 Å². The molecular weight excluding hydrogens is 300 g/mol. The molecule has 1 aromatic rings. The second kappa shape index (κ2) is 4.79. The summed E-state index contributed by atoms with van der Waals surface area (Å²) < 4.78 is 5.31. The number of allylic oxidation sites excluding steroid dienone is 1. The molecule has 3 bridgehead atoms. The second-order valence-electron chi connectivity index (χ2n) is 7.43. The summed E-state index contributed by atoms with van der Waals surface area (Å²) in [6.07, 6.45) is 4.17. The van der Waals surface area contributed by atoms with Gasteiger partial charge >= 0.3 is 5.97 Å². The predicted molar refractivity (Wildman–Crippen MR) is 92.6 cm³/mol. The fourth-order valence-corrected chi connectivity index (χ4v) is 5.77. The Hall–Kier alpha value is -1.94. The fraction of sp³-hybridized carbons (Fsp3) is 0.500. The number of benzene rings is 1. The molecule has 0 aromatic heterocycles. The quantitative estimate of drug-likeness (QED) is 0.590. The van der Waals surface area contributed by atoms with Crippen LogP contribution in [0.5, 0.6) is 0 Å². The highest BCUT2D eigenvalue weighted by atomic mass is 16.5. The number of esters is 1. The molecule has 3 fully saturated rings. The number of fused-ring (bicyclic) bond motifs is 2. The lowest BCUT2D eigenvalue weighted by Crippen LogP contribution is -2.68. The molecule has 3 heterocycles. The van der Waals surface area contributed by atoms with Gasteiger partial charge in [0.05, 0.1) is 24.1 Å². The molecule has 1 aliphatic carbocycles. The molecule has 24 heavy (non-hydrogen) atoms. The number of nitrogens with zero attached hydrogens (tertiary/aromatic N) is 2. The molecule has 4 atom stereocenters. The smallest absolute Gasteiger partial charge is 0.310 e. The van der Waals surface area contributed by atoms with Crippen molar-refractivity contribution in [2.75, 3.05) is 20.2 Å². The normalized spacial score (nSPS) is 37.8. The SMILES string of the molecule is C/C=C1/CN2CC[C@]34C(=Nc5ccccc53)[C@@H]2C[C@@H]1C4C(=O)OC. The van der Waals surface area contributed by atoms with Crippen molar-refractivity contribution in [3.8, 4) is 0 Å². The first-order chi connectivity index (χ1) is 11.7. The van der Waals surface area contributed by atoms with Crippen LogP contribution in [0.4, 0.5) is 5.69 Å². The van der Waals surface area contributed by atoms with E-state index >= 15 is 0 Å². The molecule has 1 unspecified atom stereocenters. The third-order valence-electron chi connectivity index (χ3n) is 6.73. The van der Waals surface area contributed by atoms with Crippen LogP contribution in [-0.4, -0.2) is 42.8 Å². The van der Waals surface area contributed by atoms with Crippen LogP contribution in [0.3, 0.4) is 0 Å². The van der Waals surface area contributed by atoms with Gasteiger partial charge in [0.2, 0.25) is 0 Å². The van der Waals surface area contributed by atoms with E-state index in [2.05, 4.69) is 36.1 Å². The molecule has 0 radical (unpaired) electrons. The number of aliphatic imine (C=N–C) groups is 1. The van der Waals surface area contributed by atoms with E-state index in [-0.39, 0.29) is 23.2 Å². The van der Waals surface area contributed by atoms with Crippen LogP contribution in [0.2, 0.25) is 0 Å². The summed E-state index contributed by atoms with van der Waals surface area (Å²) in [7, 11) is 1.52. The maximum atomic E-state index is 12.9. The third kappa shape index (κ3) is 1.53. The van der Waals surface area contributed by atoms with Gasteiger partial charge in [-0.05, 0) is 37.3 Å². The number of rotatable bonds is 1. The Bertz CT molecular complexity index is 797. The lowest BCUT2D eigenvalue weighted by Gasteiger charge is -2.59. The van der Waals surface area contributed by atoms with Gasteiger partial charge in [0.15, 0.2) is 0 Å². The van der Waals surface area contributed by atoms with E-state index in [1.165, 1.54) is 24.0 Å². The van der Waals surface area contributed by atoms with Gasteiger partial charge in [0, 0.05) is 24.8 Å². The maximum Gasteiger partial charge on any atom is 0.310 e. The zero-order valence-corrected chi connectivity index (χ0v) is 14.2. The Labute approximate surface area is 142 Å². The number of piperidine rings is 2. The van der Waals surface area contributed by atoms with Crippen molar-refractivity contribution in [2.24, 2.45) is 16.8 Å². The molecule has 124 valence electrons. The van der Waals surface area contributed by atoms with Gasteiger partial charge < -0.3 is 4.74 Å². The van der Waals surface area contributed by atoms with Crippen LogP contribution < -0.4 is 0 Å². The van der Waals surface area contributed by atoms with Crippen molar-refractivity contribution in [1.82, 2.24) is 4.90 Å². The highest BCUT2D eigenvalue weighted by Crippen LogP contribution is 2.60. The van der Waals surface area contributed by atoms with E-state index in [1.807, 2.05) is 6.07 Å². The van der Waals surface area contributed by atoms with Crippen LogP contribution in [-0.2, 0) is 14.9 Å². The predicted octanol–water partition coefficient (Wildman–Crippen LogP) is 2.85. The van der Waals surface area contributed by atoms with Crippen LogP contribution in [0.25, 0.3) is 0 Å². The Morgan fingerprint density at radius 1 is 1.42 bits per heavy atom. The first-order valence-electron chi connectivity index (χ1n) is 8.86. The van der Waals surface area contributed by atoms with E-state index in [1.54, 1.807) is 0 Å². The van der Waals surface area contributed by atoms with Gasteiger partial charge in [-0.3, -0.25) is 14.7 Å². The Morgan fingerprint density at radius 3 is 3.04 bits per heavy atom. The molecule has 4 nitrogen and oxygen atoms in total. The Morgan fingerprint density at radius 2 is 2.25 bits per heavy atom. The van der Waals surface area contributed by atoms with Crippen molar-refractivity contribution < 1.29 is 9.53 Å². The van der Waals surface area contributed by atoms with Crippen molar-refractivity contribution in [1.29, 1.82) is 0 Å². The minimum atomic E-state index is -0.261. The first kappa shape index (κ1) is 14.4. The molecule has 4 heteroatoms. The van der Waals surface area contributed by atoms with Crippen LogP contribution >= 0.6 is 0 Å². The third-order valence-corrected chi connectivity index (χ3v) is 6.73. The molecule has 2 saturated heterocycles. The average molecular weight is 322 g/mol. The topological polar surface area (TPSA) is 41.9 Å². The fourth-order valence-electron chi connectivity index (χ4n) is 5.77. The van der Waals surface area contributed by atoms with E-state index in [9.17, 15) is 4.79 Å².